The molecule has 0 aromatic heterocycles. The minimum atomic E-state index is -1.21. The topological polar surface area (TPSA) is 407 Å². The Labute approximate surface area is 427 Å². The van der Waals surface area contributed by atoms with Gasteiger partial charge in [0.15, 0.2) is 5.96 Å². The van der Waals surface area contributed by atoms with E-state index in [2.05, 4.69) is 47.5 Å². The van der Waals surface area contributed by atoms with Crippen LogP contribution in [0.15, 0.2) is 4.99 Å². The molecule has 26 nitrogen and oxygen atoms in total. The number of nitrogens with two attached hydrogens (primary N) is 4. The van der Waals surface area contributed by atoms with Crippen molar-refractivity contribution in [2.75, 3.05) is 32.7 Å². The number of unbranched alkanes of at least 4 members (excludes halogenated alkanes) is 1. The van der Waals surface area contributed by atoms with Gasteiger partial charge in [-0.15, -0.1) is 0 Å². The first kappa shape index (κ1) is 62.5. The van der Waals surface area contributed by atoms with Gasteiger partial charge >= 0.3 is 0 Å². The minimum Gasteiger partial charge on any atom is -0.370 e. The van der Waals surface area contributed by atoms with Crippen LogP contribution in [0.4, 0.5) is 0 Å². The monoisotopic (exact) mass is 1030 g/mol. The van der Waals surface area contributed by atoms with Crippen LogP contribution in [-0.2, 0) is 52.7 Å². The van der Waals surface area contributed by atoms with Crippen molar-refractivity contribution in [3.63, 3.8) is 0 Å². The Morgan fingerprint density at radius 2 is 1.04 bits per heavy atom. The second-order valence-electron chi connectivity index (χ2n) is 19.7. The lowest BCUT2D eigenvalue weighted by Gasteiger charge is -2.29. The summed E-state index contributed by atoms with van der Waals surface area (Å²) in [5.74, 6) is -7.05. The van der Waals surface area contributed by atoms with Gasteiger partial charge in [0, 0.05) is 26.6 Å². The summed E-state index contributed by atoms with van der Waals surface area (Å²) in [5.41, 5.74) is 21.9. The number of carbonyl (C=O) groups excluding carboxylic acids is 11. The highest BCUT2D eigenvalue weighted by molar-refractivity contribution is 5.98. The van der Waals surface area contributed by atoms with Crippen LogP contribution >= 0.6 is 0 Å². The average molecular weight is 1030 g/mol. The first-order valence-electron chi connectivity index (χ1n) is 25.3. The molecule has 0 aromatic rings. The first-order chi connectivity index (χ1) is 34.3. The van der Waals surface area contributed by atoms with Gasteiger partial charge in [-0.3, -0.25) is 57.7 Å². The number of guanidine groups is 1. The second kappa shape index (κ2) is 31.1. The summed E-state index contributed by atoms with van der Waals surface area (Å²) in [6.07, 6.45) is 3.84. The van der Waals surface area contributed by atoms with Crippen molar-refractivity contribution in [3.05, 3.63) is 0 Å². The Kier molecular flexibility index (Phi) is 26.6. The summed E-state index contributed by atoms with van der Waals surface area (Å²) in [7, 11) is 0. The minimum absolute atomic E-state index is 0.0679. The van der Waals surface area contributed by atoms with Gasteiger partial charge in [-0.2, -0.15) is 0 Å². The molecule has 412 valence electrons. The van der Waals surface area contributed by atoms with Gasteiger partial charge < -0.3 is 75.3 Å². The van der Waals surface area contributed by atoms with Crippen molar-refractivity contribution >= 4 is 70.9 Å². The Balaban J connectivity index is 2.02. The molecule has 11 amide bonds. The number of nitrogens with zero attached hydrogens (tertiary/aromatic N) is 3. The van der Waals surface area contributed by atoms with Gasteiger partial charge in [0.05, 0.1) is 6.54 Å². The molecular formula is C47H83N15O11. The Bertz CT molecular complexity index is 1980. The zero-order valence-corrected chi connectivity index (χ0v) is 43.8. The fourth-order valence-corrected chi connectivity index (χ4v) is 8.44. The number of rotatable bonds is 30. The molecule has 0 radical (unpaired) electrons. The normalized spacial score (nSPS) is 18.2. The molecule has 0 spiro atoms. The molecule has 0 aliphatic carbocycles. The van der Waals surface area contributed by atoms with E-state index >= 15 is 0 Å². The van der Waals surface area contributed by atoms with E-state index < -0.39 is 126 Å². The molecule has 9 atom stereocenters. The third-order valence-corrected chi connectivity index (χ3v) is 12.3. The summed E-state index contributed by atoms with van der Waals surface area (Å²) in [6.45, 7) is 13.4. The molecule has 2 aliphatic rings. The van der Waals surface area contributed by atoms with Gasteiger partial charge in [-0.05, 0) is 110 Å². The zero-order valence-electron chi connectivity index (χ0n) is 43.8. The van der Waals surface area contributed by atoms with Crippen LogP contribution in [0.5, 0.6) is 0 Å². The largest absolute Gasteiger partial charge is 0.370 e. The SMILES string of the molecule is CC(=O)N[C@@H](CCCN=C(N)N)C(=O)N1CCC[C@H]1C(=O)N[C@@H](C)C(=O)N[C@@H](CC(C)C)C(=O)N[C@@H](C)C(=O)N[C@@H](C)C(=O)N[C@@H](CCCCN)C(=O)NCC(=O)N1CCC[C@H]1C(=O)N[C@@H](CC(C)C)C(N)=O. The molecule has 2 saturated heterocycles. The highest BCUT2D eigenvalue weighted by Crippen LogP contribution is 2.21. The summed E-state index contributed by atoms with van der Waals surface area (Å²) in [4.78, 5) is 151. The van der Waals surface area contributed by atoms with E-state index in [1.165, 1.54) is 37.5 Å². The summed E-state index contributed by atoms with van der Waals surface area (Å²) in [6, 6.07) is -9.52. The molecule has 2 fully saturated rings. The number of likely N-dealkylation sites (tertiary alicyclic amines) is 2. The number of primary amides is 1. The lowest BCUT2D eigenvalue weighted by Crippen LogP contribution is -2.59. The Hall–Kier alpha value is -6.60. The van der Waals surface area contributed by atoms with E-state index in [4.69, 9.17) is 22.9 Å². The highest BCUT2D eigenvalue weighted by Gasteiger charge is 2.39. The molecule has 0 bridgehead atoms. The lowest BCUT2D eigenvalue weighted by atomic mass is 10.0. The van der Waals surface area contributed by atoms with E-state index in [1.807, 2.05) is 27.7 Å². The number of carbonyl (C=O) groups is 11. The van der Waals surface area contributed by atoms with Crippen molar-refractivity contribution < 1.29 is 52.7 Å². The summed E-state index contributed by atoms with van der Waals surface area (Å²) >= 11 is 0. The lowest BCUT2D eigenvalue weighted by molar-refractivity contribution is -0.142. The second-order valence-corrected chi connectivity index (χ2v) is 19.7. The molecule has 2 aliphatic heterocycles. The maximum atomic E-state index is 13.6. The van der Waals surface area contributed by atoms with Crippen LogP contribution in [0.3, 0.4) is 0 Å². The molecule has 26 heteroatoms. The standard InChI is InChI=1S/C47H83N15O11/c1-25(2)22-33(38(49)65)59-45(72)35-16-12-20-61(35)37(64)24-53-42(69)31(14-9-10-18-48)58-40(67)28(6)54-39(66)27(5)55-43(70)34(23-26(3)4)60-41(68)29(7)56-44(71)36-17-13-21-62(36)46(73)32(57-30(8)63)15-11-19-52-47(50)51/h25-29,31-36H,9-24,48H2,1-8H3,(H2,49,65)(H,53,69)(H,54,66)(H,55,70)(H,56,71)(H,57,63)(H,58,67)(H,59,72)(H,60,68)(H4,50,51,52)/t27-,28-,29-,31-,32-,33-,34-,35-,36-/m0/s1. The maximum Gasteiger partial charge on any atom is 0.245 e. The number of hydrogen-bond donors (Lipinski definition) is 12. The maximum absolute atomic E-state index is 13.6. The van der Waals surface area contributed by atoms with E-state index in [-0.39, 0.29) is 56.7 Å². The molecule has 0 aromatic carbocycles. The zero-order chi connectivity index (χ0) is 55.1. The van der Waals surface area contributed by atoms with E-state index in [0.717, 1.165) is 0 Å². The van der Waals surface area contributed by atoms with Crippen LogP contribution in [0.25, 0.3) is 0 Å². The summed E-state index contributed by atoms with van der Waals surface area (Å²) in [5, 5.41) is 20.8. The van der Waals surface area contributed by atoms with Crippen molar-refractivity contribution in [1.82, 2.24) is 52.3 Å². The van der Waals surface area contributed by atoms with E-state index in [9.17, 15) is 52.7 Å². The molecular weight excluding hydrogens is 951 g/mol. The van der Waals surface area contributed by atoms with Crippen molar-refractivity contribution in [1.29, 1.82) is 0 Å². The first-order valence-corrected chi connectivity index (χ1v) is 25.3. The fraction of sp³-hybridized carbons (Fsp3) is 0.745. The molecule has 16 N–H and O–H groups in total. The molecule has 0 unspecified atom stereocenters. The van der Waals surface area contributed by atoms with Crippen LogP contribution in [-0.4, -0.2) is 168 Å². The number of nitrogens with one attached hydrogen (secondary N) is 8. The van der Waals surface area contributed by atoms with Crippen molar-refractivity contribution in [3.8, 4) is 0 Å². The van der Waals surface area contributed by atoms with Gasteiger partial charge in [-0.1, -0.05) is 27.7 Å². The van der Waals surface area contributed by atoms with Crippen LogP contribution in [0, 0.1) is 11.8 Å². The third kappa shape index (κ3) is 21.6. The smallest absolute Gasteiger partial charge is 0.245 e. The predicted molar refractivity (Wildman–Crippen MR) is 270 cm³/mol. The van der Waals surface area contributed by atoms with E-state index in [0.29, 0.717) is 57.9 Å². The van der Waals surface area contributed by atoms with Gasteiger partial charge in [0.25, 0.3) is 0 Å². The number of aliphatic imine (C=N–C) groups is 1. The Morgan fingerprint density at radius 1 is 0.548 bits per heavy atom. The van der Waals surface area contributed by atoms with Crippen LogP contribution in [0.2, 0.25) is 0 Å². The number of amides is 11. The molecule has 2 rings (SSSR count). The predicted octanol–water partition coefficient (Wildman–Crippen LogP) is -3.68. The molecule has 0 saturated carbocycles. The molecule has 73 heavy (non-hydrogen) atoms. The van der Waals surface area contributed by atoms with Crippen molar-refractivity contribution in [2.24, 2.45) is 39.8 Å². The fourth-order valence-electron chi connectivity index (χ4n) is 8.44. The van der Waals surface area contributed by atoms with Gasteiger partial charge in [0.1, 0.15) is 54.4 Å². The number of hydrogen-bond acceptors (Lipinski definition) is 13. The van der Waals surface area contributed by atoms with Crippen LogP contribution < -0.4 is 65.5 Å². The van der Waals surface area contributed by atoms with Gasteiger partial charge in [0.2, 0.25) is 65.0 Å². The third-order valence-electron chi connectivity index (χ3n) is 12.3. The van der Waals surface area contributed by atoms with E-state index in [1.54, 1.807) is 0 Å². The summed E-state index contributed by atoms with van der Waals surface area (Å²) < 4.78 is 0. The Morgan fingerprint density at radius 3 is 1.59 bits per heavy atom. The van der Waals surface area contributed by atoms with Crippen LogP contribution in [0.1, 0.15) is 126 Å². The molecule has 2 heterocycles. The quantitative estimate of drug-likeness (QED) is 0.0187. The highest BCUT2D eigenvalue weighted by atomic mass is 16.2. The van der Waals surface area contributed by atoms with Gasteiger partial charge in [-0.25, -0.2) is 0 Å². The average Bonchev–Trinajstić information content (AvgIpc) is 4.01. The van der Waals surface area contributed by atoms with Crippen molar-refractivity contribution in [2.45, 2.75) is 180 Å².